The minimum Gasteiger partial charge on any atom is -0.396 e. The van der Waals surface area contributed by atoms with E-state index in [4.69, 9.17) is 0 Å². The van der Waals surface area contributed by atoms with Crippen molar-refractivity contribution >= 4 is 11.7 Å². The molecule has 0 heterocycles. The molecular weight excluding hydrogens is 264 g/mol. The Bertz CT molecular complexity index is 456. The van der Waals surface area contributed by atoms with Gasteiger partial charge in [0.1, 0.15) is 0 Å². The molecule has 0 aliphatic heterocycles. The van der Waals surface area contributed by atoms with Crippen LogP contribution in [0.15, 0.2) is 24.3 Å². The normalized spacial score (nSPS) is 17.2. The summed E-state index contributed by atoms with van der Waals surface area (Å²) < 4.78 is 0. The van der Waals surface area contributed by atoms with Crippen LogP contribution >= 0.6 is 0 Å². The molecule has 2 rings (SSSR count). The number of aliphatic hydroxyl groups is 1. The molecule has 1 fully saturated rings. The molecule has 0 spiro atoms. The Morgan fingerprint density at radius 3 is 2.67 bits per heavy atom. The van der Waals surface area contributed by atoms with E-state index in [2.05, 4.69) is 10.6 Å². The van der Waals surface area contributed by atoms with Crippen LogP contribution in [0.1, 0.15) is 44.1 Å². The van der Waals surface area contributed by atoms with Crippen molar-refractivity contribution in [3.8, 4) is 0 Å². The van der Waals surface area contributed by atoms with E-state index in [9.17, 15) is 9.90 Å². The minimum atomic E-state index is -0.173. The molecule has 4 nitrogen and oxygen atoms in total. The lowest BCUT2D eigenvalue weighted by molar-refractivity contribution is 0.202. The summed E-state index contributed by atoms with van der Waals surface area (Å²) in [6.45, 7) is 2.09. The molecule has 0 bridgehead atoms. The Labute approximate surface area is 126 Å². The summed E-state index contributed by atoms with van der Waals surface area (Å²) in [5, 5.41) is 15.2. The third-order valence-electron chi connectivity index (χ3n) is 4.37. The Balaban J connectivity index is 1.93. The highest BCUT2D eigenvalue weighted by molar-refractivity contribution is 5.90. The van der Waals surface area contributed by atoms with Crippen LogP contribution in [-0.4, -0.2) is 23.8 Å². The number of amides is 2. The number of aryl methyl sites for hydroxylation is 1. The summed E-state index contributed by atoms with van der Waals surface area (Å²) in [4.78, 5) is 12.2. The predicted octanol–water partition coefficient (Wildman–Crippen LogP) is 3.45. The molecule has 1 atom stereocenters. The minimum absolute atomic E-state index is 0.0688. The van der Waals surface area contributed by atoms with Gasteiger partial charge in [-0.1, -0.05) is 37.5 Å². The maximum Gasteiger partial charge on any atom is 0.319 e. The number of benzene rings is 1. The van der Waals surface area contributed by atoms with E-state index >= 15 is 0 Å². The summed E-state index contributed by atoms with van der Waals surface area (Å²) in [6.07, 6.45) is 6.68. The Morgan fingerprint density at radius 2 is 2.00 bits per heavy atom. The van der Waals surface area contributed by atoms with E-state index in [1.165, 1.54) is 19.3 Å². The number of carbonyl (C=O) groups is 1. The van der Waals surface area contributed by atoms with Gasteiger partial charge in [-0.15, -0.1) is 0 Å². The largest absolute Gasteiger partial charge is 0.396 e. The highest BCUT2D eigenvalue weighted by Gasteiger charge is 2.24. The second-order valence-corrected chi connectivity index (χ2v) is 5.93. The zero-order chi connectivity index (χ0) is 15.1. The molecule has 116 valence electrons. The van der Waals surface area contributed by atoms with Crippen LogP contribution in [0.25, 0.3) is 0 Å². The number of anilines is 1. The number of nitrogens with one attached hydrogen (secondary N) is 2. The third kappa shape index (κ3) is 4.74. The van der Waals surface area contributed by atoms with Crippen molar-refractivity contribution in [2.45, 2.75) is 51.5 Å². The van der Waals surface area contributed by atoms with Gasteiger partial charge in [0, 0.05) is 18.3 Å². The lowest BCUT2D eigenvalue weighted by Crippen LogP contribution is -2.43. The van der Waals surface area contributed by atoms with Gasteiger partial charge in [0.15, 0.2) is 0 Å². The van der Waals surface area contributed by atoms with Gasteiger partial charge in [-0.05, 0) is 43.7 Å². The molecule has 1 saturated carbocycles. The molecule has 2 amide bonds. The Hall–Kier alpha value is -1.55. The second kappa shape index (κ2) is 8.03. The predicted molar refractivity (Wildman–Crippen MR) is 85.4 cm³/mol. The van der Waals surface area contributed by atoms with E-state index in [0.717, 1.165) is 24.1 Å². The molecule has 3 N–H and O–H groups in total. The number of urea groups is 1. The van der Waals surface area contributed by atoms with Gasteiger partial charge < -0.3 is 15.7 Å². The van der Waals surface area contributed by atoms with Crippen molar-refractivity contribution in [2.24, 2.45) is 5.92 Å². The van der Waals surface area contributed by atoms with E-state index < -0.39 is 0 Å². The van der Waals surface area contributed by atoms with Gasteiger partial charge in [-0.25, -0.2) is 4.79 Å². The van der Waals surface area contributed by atoms with Gasteiger partial charge in [0.05, 0.1) is 0 Å². The first-order chi connectivity index (χ1) is 10.2. The molecule has 0 saturated heterocycles. The zero-order valence-electron chi connectivity index (χ0n) is 12.8. The summed E-state index contributed by atoms with van der Waals surface area (Å²) in [5.41, 5.74) is 1.88. The van der Waals surface area contributed by atoms with E-state index in [0.29, 0.717) is 12.3 Å². The van der Waals surface area contributed by atoms with Gasteiger partial charge >= 0.3 is 6.03 Å². The highest BCUT2D eigenvalue weighted by atomic mass is 16.3. The Morgan fingerprint density at radius 1 is 1.29 bits per heavy atom. The number of hydrogen-bond donors (Lipinski definition) is 3. The van der Waals surface area contributed by atoms with Crippen molar-refractivity contribution < 1.29 is 9.90 Å². The first kappa shape index (κ1) is 15.8. The van der Waals surface area contributed by atoms with Crippen LogP contribution in [0.3, 0.4) is 0 Å². The SMILES string of the molecule is Cc1ccccc1NC(=O)NC(CCO)C1CCCCC1. The molecular formula is C17H26N2O2. The number of hydrogen-bond acceptors (Lipinski definition) is 2. The quantitative estimate of drug-likeness (QED) is 0.778. The molecule has 4 heteroatoms. The molecule has 1 aromatic rings. The molecule has 1 unspecified atom stereocenters. The molecule has 0 radical (unpaired) electrons. The topological polar surface area (TPSA) is 61.4 Å². The average Bonchev–Trinajstić information content (AvgIpc) is 2.50. The van der Waals surface area contributed by atoms with Crippen molar-refractivity contribution in [1.82, 2.24) is 5.32 Å². The van der Waals surface area contributed by atoms with Crippen LogP contribution in [0, 0.1) is 12.8 Å². The molecule has 1 aromatic carbocycles. The number of rotatable bonds is 5. The van der Waals surface area contributed by atoms with E-state index in [-0.39, 0.29) is 18.7 Å². The standard InChI is InChI=1S/C17H26N2O2/c1-13-7-5-6-10-15(13)18-17(21)19-16(11-12-20)14-8-3-2-4-9-14/h5-7,10,14,16,20H,2-4,8-9,11-12H2,1H3,(H2,18,19,21). The fraction of sp³-hybridized carbons (Fsp3) is 0.588. The maximum absolute atomic E-state index is 12.2. The molecule has 0 aromatic heterocycles. The van der Waals surface area contributed by atoms with Crippen molar-refractivity contribution in [2.75, 3.05) is 11.9 Å². The van der Waals surface area contributed by atoms with Crippen molar-refractivity contribution in [3.63, 3.8) is 0 Å². The lowest BCUT2D eigenvalue weighted by Gasteiger charge is -2.30. The lowest BCUT2D eigenvalue weighted by atomic mass is 9.83. The first-order valence-electron chi connectivity index (χ1n) is 7.94. The summed E-state index contributed by atoms with van der Waals surface area (Å²) >= 11 is 0. The van der Waals surface area contributed by atoms with E-state index in [1.807, 2.05) is 31.2 Å². The Kier molecular flexibility index (Phi) is 6.05. The molecule has 1 aliphatic rings. The molecule has 21 heavy (non-hydrogen) atoms. The van der Waals surface area contributed by atoms with Crippen LogP contribution < -0.4 is 10.6 Å². The average molecular weight is 290 g/mol. The number of para-hydroxylation sites is 1. The zero-order valence-corrected chi connectivity index (χ0v) is 12.8. The van der Waals surface area contributed by atoms with Gasteiger partial charge in [0.2, 0.25) is 0 Å². The van der Waals surface area contributed by atoms with Crippen LogP contribution in [-0.2, 0) is 0 Å². The fourth-order valence-corrected chi connectivity index (χ4v) is 3.14. The maximum atomic E-state index is 12.2. The number of aliphatic hydroxyl groups excluding tert-OH is 1. The van der Waals surface area contributed by atoms with Crippen molar-refractivity contribution in [3.05, 3.63) is 29.8 Å². The van der Waals surface area contributed by atoms with Crippen LogP contribution in [0.5, 0.6) is 0 Å². The number of carbonyl (C=O) groups excluding carboxylic acids is 1. The van der Waals surface area contributed by atoms with Gasteiger partial charge in [-0.2, -0.15) is 0 Å². The highest BCUT2D eigenvalue weighted by Crippen LogP contribution is 2.27. The summed E-state index contributed by atoms with van der Waals surface area (Å²) in [5.74, 6) is 0.494. The van der Waals surface area contributed by atoms with Crippen molar-refractivity contribution in [1.29, 1.82) is 0 Å². The summed E-state index contributed by atoms with van der Waals surface area (Å²) in [6, 6.07) is 7.63. The molecule has 1 aliphatic carbocycles. The second-order valence-electron chi connectivity index (χ2n) is 5.93. The third-order valence-corrected chi connectivity index (χ3v) is 4.37. The van der Waals surface area contributed by atoms with Gasteiger partial charge in [0.25, 0.3) is 0 Å². The smallest absolute Gasteiger partial charge is 0.319 e. The summed E-state index contributed by atoms with van der Waals surface area (Å²) in [7, 11) is 0. The van der Waals surface area contributed by atoms with E-state index in [1.54, 1.807) is 0 Å². The van der Waals surface area contributed by atoms with Crippen LogP contribution in [0.4, 0.5) is 10.5 Å². The monoisotopic (exact) mass is 290 g/mol. The first-order valence-corrected chi connectivity index (χ1v) is 7.94. The van der Waals surface area contributed by atoms with Gasteiger partial charge in [-0.3, -0.25) is 0 Å². The van der Waals surface area contributed by atoms with Crippen LogP contribution in [0.2, 0.25) is 0 Å². The fourth-order valence-electron chi connectivity index (χ4n) is 3.14.